The predicted octanol–water partition coefficient (Wildman–Crippen LogP) is 3.22. The normalized spacial score (nSPS) is 22.3. The Balaban J connectivity index is 2.21. The average molecular weight is 254 g/mol. The van der Waals surface area contributed by atoms with Crippen LogP contribution in [0.15, 0.2) is 22.7 Å². The lowest BCUT2D eigenvalue weighted by Crippen LogP contribution is -2.28. The summed E-state index contributed by atoms with van der Waals surface area (Å²) in [6, 6.07) is 6.73. The highest BCUT2D eigenvalue weighted by Gasteiger charge is 2.15. The number of piperidine rings is 1. The van der Waals surface area contributed by atoms with E-state index in [-0.39, 0.29) is 0 Å². The Labute approximate surface area is 94.0 Å². The Morgan fingerprint density at radius 2 is 2.21 bits per heavy atom. The van der Waals surface area contributed by atoms with E-state index >= 15 is 0 Å². The highest BCUT2D eigenvalue weighted by molar-refractivity contribution is 9.10. The van der Waals surface area contributed by atoms with E-state index in [9.17, 15) is 0 Å². The second kappa shape index (κ2) is 4.45. The maximum absolute atomic E-state index is 3.56. The van der Waals surface area contributed by atoms with Gasteiger partial charge >= 0.3 is 0 Å². The van der Waals surface area contributed by atoms with Gasteiger partial charge in [-0.05, 0) is 55.5 Å². The summed E-state index contributed by atoms with van der Waals surface area (Å²) in [5.41, 5.74) is 2.82. The number of nitrogens with one attached hydrogen (secondary N) is 1. The minimum absolute atomic E-state index is 0.708. The smallest absolute Gasteiger partial charge is 0.0180 e. The molecule has 0 radical (unpaired) electrons. The molecule has 2 heteroatoms. The van der Waals surface area contributed by atoms with Crippen molar-refractivity contribution < 1.29 is 0 Å². The van der Waals surface area contributed by atoms with Gasteiger partial charge < -0.3 is 5.32 Å². The molecule has 0 aliphatic carbocycles. The topological polar surface area (TPSA) is 12.0 Å². The van der Waals surface area contributed by atoms with E-state index < -0.39 is 0 Å². The van der Waals surface area contributed by atoms with Crippen LogP contribution in [-0.2, 0) is 0 Å². The van der Waals surface area contributed by atoms with Crippen LogP contribution in [0.3, 0.4) is 0 Å². The van der Waals surface area contributed by atoms with Crippen LogP contribution in [0, 0.1) is 6.92 Å². The summed E-state index contributed by atoms with van der Waals surface area (Å²) in [6.07, 6.45) is 2.62. The van der Waals surface area contributed by atoms with E-state index in [1.54, 1.807) is 0 Å². The first-order valence-electron chi connectivity index (χ1n) is 5.23. The molecule has 1 nitrogen and oxygen atoms in total. The zero-order chi connectivity index (χ0) is 9.97. The molecule has 1 aliphatic heterocycles. The zero-order valence-corrected chi connectivity index (χ0v) is 10.1. The second-order valence-electron chi connectivity index (χ2n) is 4.11. The van der Waals surface area contributed by atoms with Gasteiger partial charge in [-0.1, -0.05) is 22.0 Å². The first-order chi connectivity index (χ1) is 6.75. The van der Waals surface area contributed by atoms with Crippen molar-refractivity contribution in [1.29, 1.82) is 0 Å². The van der Waals surface area contributed by atoms with Gasteiger partial charge in [0.1, 0.15) is 0 Å². The van der Waals surface area contributed by atoms with Crippen LogP contribution in [0.1, 0.15) is 29.9 Å². The monoisotopic (exact) mass is 253 g/mol. The van der Waals surface area contributed by atoms with Crippen LogP contribution < -0.4 is 5.32 Å². The summed E-state index contributed by atoms with van der Waals surface area (Å²) < 4.78 is 1.21. The number of rotatable bonds is 1. The Hall–Kier alpha value is -0.340. The van der Waals surface area contributed by atoms with Crippen LogP contribution >= 0.6 is 15.9 Å². The van der Waals surface area contributed by atoms with Gasteiger partial charge in [0.2, 0.25) is 0 Å². The van der Waals surface area contributed by atoms with Crippen molar-refractivity contribution in [2.24, 2.45) is 0 Å². The fourth-order valence-electron chi connectivity index (χ4n) is 2.14. The summed E-state index contributed by atoms with van der Waals surface area (Å²) >= 11 is 3.56. The average Bonchev–Trinajstić information content (AvgIpc) is 2.18. The Morgan fingerprint density at radius 1 is 1.36 bits per heavy atom. The fourth-order valence-corrected chi connectivity index (χ4v) is 2.76. The Morgan fingerprint density at radius 3 is 2.86 bits per heavy atom. The minimum atomic E-state index is 0.708. The van der Waals surface area contributed by atoms with Crippen molar-refractivity contribution in [3.8, 4) is 0 Å². The molecular formula is C12H16BrN. The standard InChI is InChI=1S/C12H16BrN/c1-9-5-11(7-12(13)6-9)10-3-2-4-14-8-10/h5-7,10,14H,2-4,8H2,1H3/t10-/m0/s1. The molecule has 1 aliphatic rings. The molecule has 0 amide bonds. The number of hydrogen-bond acceptors (Lipinski definition) is 1. The lowest BCUT2D eigenvalue weighted by atomic mass is 9.91. The molecule has 1 atom stereocenters. The third-order valence-corrected chi connectivity index (χ3v) is 3.29. The van der Waals surface area contributed by atoms with Crippen LogP contribution in [0.2, 0.25) is 0 Å². The van der Waals surface area contributed by atoms with E-state index in [0.29, 0.717) is 5.92 Å². The molecule has 1 N–H and O–H groups in total. The van der Waals surface area contributed by atoms with Crippen LogP contribution in [0.25, 0.3) is 0 Å². The molecule has 1 fully saturated rings. The maximum atomic E-state index is 3.56. The number of benzene rings is 1. The van der Waals surface area contributed by atoms with Crippen LogP contribution in [0.5, 0.6) is 0 Å². The summed E-state index contributed by atoms with van der Waals surface area (Å²) in [6.45, 7) is 4.48. The van der Waals surface area contributed by atoms with Crippen molar-refractivity contribution in [3.05, 3.63) is 33.8 Å². The van der Waals surface area contributed by atoms with Gasteiger partial charge in [0.25, 0.3) is 0 Å². The molecular weight excluding hydrogens is 238 g/mol. The van der Waals surface area contributed by atoms with Gasteiger partial charge in [-0.2, -0.15) is 0 Å². The van der Waals surface area contributed by atoms with Crippen molar-refractivity contribution in [2.45, 2.75) is 25.7 Å². The van der Waals surface area contributed by atoms with Crippen molar-refractivity contribution in [3.63, 3.8) is 0 Å². The highest BCUT2D eigenvalue weighted by Crippen LogP contribution is 2.26. The Kier molecular flexibility index (Phi) is 3.24. The van der Waals surface area contributed by atoms with E-state index in [1.165, 1.54) is 35.0 Å². The van der Waals surface area contributed by atoms with Crippen LogP contribution in [0.4, 0.5) is 0 Å². The largest absolute Gasteiger partial charge is 0.316 e. The fraction of sp³-hybridized carbons (Fsp3) is 0.500. The maximum Gasteiger partial charge on any atom is 0.0180 e. The molecule has 1 aromatic rings. The predicted molar refractivity (Wildman–Crippen MR) is 63.7 cm³/mol. The SMILES string of the molecule is Cc1cc(Br)cc([C@H]2CCCNC2)c1. The van der Waals surface area contributed by atoms with Crippen molar-refractivity contribution >= 4 is 15.9 Å². The molecule has 0 bridgehead atoms. The highest BCUT2D eigenvalue weighted by atomic mass is 79.9. The molecule has 1 aromatic carbocycles. The molecule has 0 saturated carbocycles. The van der Waals surface area contributed by atoms with Crippen LogP contribution in [-0.4, -0.2) is 13.1 Å². The molecule has 76 valence electrons. The zero-order valence-electron chi connectivity index (χ0n) is 8.52. The van der Waals surface area contributed by atoms with Gasteiger partial charge in [0.15, 0.2) is 0 Å². The molecule has 0 unspecified atom stereocenters. The first-order valence-corrected chi connectivity index (χ1v) is 6.03. The van der Waals surface area contributed by atoms with E-state index in [1.807, 2.05) is 0 Å². The number of hydrogen-bond donors (Lipinski definition) is 1. The third-order valence-electron chi connectivity index (χ3n) is 2.83. The van der Waals surface area contributed by atoms with Gasteiger partial charge in [0, 0.05) is 11.0 Å². The lowest BCUT2D eigenvalue weighted by molar-refractivity contribution is 0.461. The Bertz CT molecular complexity index is 296. The second-order valence-corrected chi connectivity index (χ2v) is 5.02. The lowest BCUT2D eigenvalue weighted by Gasteiger charge is -2.23. The number of aryl methyl sites for hydroxylation is 1. The number of halogens is 1. The van der Waals surface area contributed by atoms with Crippen molar-refractivity contribution in [1.82, 2.24) is 5.32 Å². The molecule has 14 heavy (non-hydrogen) atoms. The third kappa shape index (κ3) is 2.37. The molecule has 0 spiro atoms. The van der Waals surface area contributed by atoms with Gasteiger partial charge in [0.05, 0.1) is 0 Å². The van der Waals surface area contributed by atoms with E-state index in [0.717, 1.165) is 6.54 Å². The van der Waals surface area contributed by atoms with Gasteiger partial charge in [-0.15, -0.1) is 0 Å². The molecule has 2 rings (SSSR count). The molecule has 1 heterocycles. The molecule has 0 aromatic heterocycles. The summed E-state index contributed by atoms with van der Waals surface area (Å²) in [4.78, 5) is 0. The summed E-state index contributed by atoms with van der Waals surface area (Å²) in [5.74, 6) is 0.708. The van der Waals surface area contributed by atoms with Crippen molar-refractivity contribution in [2.75, 3.05) is 13.1 Å². The quantitative estimate of drug-likeness (QED) is 0.811. The van der Waals surface area contributed by atoms with Gasteiger partial charge in [-0.3, -0.25) is 0 Å². The minimum Gasteiger partial charge on any atom is -0.316 e. The molecule has 1 saturated heterocycles. The van der Waals surface area contributed by atoms with E-state index in [2.05, 4.69) is 46.4 Å². The van der Waals surface area contributed by atoms with E-state index in [4.69, 9.17) is 0 Å². The summed E-state index contributed by atoms with van der Waals surface area (Å²) in [5, 5.41) is 3.46. The summed E-state index contributed by atoms with van der Waals surface area (Å²) in [7, 11) is 0. The van der Waals surface area contributed by atoms with Gasteiger partial charge in [-0.25, -0.2) is 0 Å². The first kappa shape index (κ1) is 10.2.